The molecule has 0 aliphatic carbocycles. The number of aryl methyl sites for hydroxylation is 2. The quantitative estimate of drug-likeness (QED) is 0.774. The molecule has 0 spiro atoms. The Morgan fingerprint density at radius 1 is 1.24 bits per heavy atom. The normalized spacial score (nSPS) is 12.3. The van der Waals surface area contributed by atoms with Crippen LogP contribution in [0.3, 0.4) is 0 Å². The second-order valence-electron chi connectivity index (χ2n) is 6.01. The van der Waals surface area contributed by atoms with Crippen LogP contribution >= 0.6 is 0 Å². The molecule has 1 atom stereocenters. The molecule has 4 heteroatoms. The molecular formula is C17H27NO3. The lowest BCUT2D eigenvalue weighted by Gasteiger charge is -2.14. The van der Waals surface area contributed by atoms with Gasteiger partial charge in [-0.05, 0) is 49.4 Å². The van der Waals surface area contributed by atoms with Gasteiger partial charge in [0.25, 0.3) is 0 Å². The molecule has 4 nitrogen and oxygen atoms in total. The van der Waals surface area contributed by atoms with E-state index in [0.29, 0.717) is 31.9 Å². The van der Waals surface area contributed by atoms with Crippen LogP contribution in [0.5, 0.6) is 5.75 Å². The molecule has 2 N–H and O–H groups in total. The molecule has 0 radical (unpaired) electrons. The molecule has 1 unspecified atom stereocenters. The van der Waals surface area contributed by atoms with Crippen LogP contribution in [0.15, 0.2) is 18.2 Å². The number of carbonyl (C=O) groups is 1. The maximum absolute atomic E-state index is 11.7. The molecule has 118 valence electrons. The summed E-state index contributed by atoms with van der Waals surface area (Å²) in [6.45, 7) is 8.77. The molecule has 0 aliphatic heterocycles. The summed E-state index contributed by atoms with van der Waals surface area (Å²) >= 11 is 0. The number of hydrogen-bond donors (Lipinski definition) is 2. The highest BCUT2D eigenvalue weighted by atomic mass is 16.5. The summed E-state index contributed by atoms with van der Waals surface area (Å²) in [5, 5.41) is 12.4. The first kappa shape index (κ1) is 17.5. The zero-order chi connectivity index (χ0) is 15.8. The average Bonchev–Trinajstić information content (AvgIpc) is 2.34. The van der Waals surface area contributed by atoms with Gasteiger partial charge in [-0.3, -0.25) is 4.79 Å². The second kappa shape index (κ2) is 8.67. The van der Waals surface area contributed by atoms with E-state index >= 15 is 0 Å². The van der Waals surface area contributed by atoms with Crippen LogP contribution < -0.4 is 10.1 Å². The van der Waals surface area contributed by atoms with Crippen molar-refractivity contribution in [1.29, 1.82) is 0 Å². The largest absolute Gasteiger partial charge is 0.493 e. The maximum Gasteiger partial charge on any atom is 0.223 e. The molecule has 0 bridgehead atoms. The summed E-state index contributed by atoms with van der Waals surface area (Å²) in [6, 6.07) is 5.99. The summed E-state index contributed by atoms with van der Waals surface area (Å²) in [6.07, 6.45) is 0.509. The topological polar surface area (TPSA) is 58.6 Å². The van der Waals surface area contributed by atoms with Gasteiger partial charge in [0.15, 0.2) is 0 Å². The van der Waals surface area contributed by atoms with Crippen molar-refractivity contribution in [3.63, 3.8) is 0 Å². The van der Waals surface area contributed by atoms with Crippen molar-refractivity contribution in [2.45, 2.75) is 46.6 Å². The van der Waals surface area contributed by atoms with Crippen LogP contribution in [0.25, 0.3) is 0 Å². The van der Waals surface area contributed by atoms with Crippen LogP contribution in [0.1, 0.15) is 37.8 Å². The van der Waals surface area contributed by atoms with E-state index in [0.717, 1.165) is 16.9 Å². The van der Waals surface area contributed by atoms with Gasteiger partial charge in [0.2, 0.25) is 5.91 Å². The Morgan fingerprint density at radius 3 is 2.43 bits per heavy atom. The standard InChI is InChI=1S/C17H27NO3/c1-12(2)7-15(19)11-18-17(20)5-6-21-16-9-13(3)8-14(4)10-16/h8-10,12,15,19H,5-7,11H2,1-4H3,(H,18,20). The molecular weight excluding hydrogens is 266 g/mol. The lowest BCUT2D eigenvalue weighted by molar-refractivity contribution is -0.122. The van der Waals surface area contributed by atoms with E-state index in [-0.39, 0.29) is 5.91 Å². The average molecular weight is 293 g/mol. The minimum atomic E-state index is -0.478. The Bertz CT molecular complexity index is 437. The number of benzene rings is 1. The molecule has 1 amide bonds. The molecule has 1 aromatic carbocycles. The monoisotopic (exact) mass is 293 g/mol. The summed E-state index contributed by atoms with van der Waals surface area (Å²) in [7, 11) is 0. The number of hydrogen-bond acceptors (Lipinski definition) is 3. The lowest BCUT2D eigenvalue weighted by Crippen LogP contribution is -2.33. The van der Waals surface area contributed by atoms with Gasteiger partial charge in [-0.15, -0.1) is 0 Å². The van der Waals surface area contributed by atoms with Gasteiger partial charge >= 0.3 is 0 Å². The minimum absolute atomic E-state index is 0.0952. The van der Waals surface area contributed by atoms with Crippen LogP contribution in [0.4, 0.5) is 0 Å². The Hall–Kier alpha value is -1.55. The van der Waals surface area contributed by atoms with E-state index in [1.165, 1.54) is 0 Å². The first-order valence-corrected chi connectivity index (χ1v) is 7.52. The van der Waals surface area contributed by atoms with Gasteiger partial charge in [-0.2, -0.15) is 0 Å². The SMILES string of the molecule is Cc1cc(C)cc(OCCC(=O)NCC(O)CC(C)C)c1. The minimum Gasteiger partial charge on any atom is -0.493 e. The van der Waals surface area contributed by atoms with Crippen molar-refractivity contribution in [3.8, 4) is 5.75 Å². The van der Waals surface area contributed by atoms with Gasteiger partial charge in [0.05, 0.1) is 19.1 Å². The fraction of sp³-hybridized carbons (Fsp3) is 0.588. The highest BCUT2D eigenvalue weighted by Crippen LogP contribution is 2.16. The van der Waals surface area contributed by atoms with Crippen molar-refractivity contribution < 1.29 is 14.6 Å². The molecule has 0 fully saturated rings. The van der Waals surface area contributed by atoms with Crippen molar-refractivity contribution in [3.05, 3.63) is 29.3 Å². The Morgan fingerprint density at radius 2 is 1.86 bits per heavy atom. The zero-order valence-electron chi connectivity index (χ0n) is 13.5. The third-order valence-corrected chi connectivity index (χ3v) is 3.07. The number of rotatable bonds is 8. The summed E-state index contributed by atoms with van der Waals surface area (Å²) in [5.41, 5.74) is 2.29. The fourth-order valence-corrected chi connectivity index (χ4v) is 2.23. The van der Waals surface area contributed by atoms with Crippen molar-refractivity contribution >= 4 is 5.91 Å². The van der Waals surface area contributed by atoms with Gasteiger partial charge in [-0.25, -0.2) is 0 Å². The van der Waals surface area contributed by atoms with Crippen LogP contribution in [-0.4, -0.2) is 30.3 Å². The molecule has 0 aromatic heterocycles. The number of ether oxygens (including phenoxy) is 1. The van der Waals surface area contributed by atoms with Gasteiger partial charge in [0.1, 0.15) is 5.75 Å². The Kier molecular flexibility index (Phi) is 7.23. The fourth-order valence-electron chi connectivity index (χ4n) is 2.23. The van der Waals surface area contributed by atoms with Gasteiger partial charge in [-0.1, -0.05) is 19.9 Å². The maximum atomic E-state index is 11.7. The molecule has 1 aromatic rings. The first-order valence-electron chi connectivity index (χ1n) is 7.52. The highest BCUT2D eigenvalue weighted by Gasteiger charge is 2.09. The lowest BCUT2D eigenvalue weighted by atomic mass is 10.1. The second-order valence-corrected chi connectivity index (χ2v) is 6.01. The summed E-state index contributed by atoms with van der Waals surface area (Å²) in [5.74, 6) is 1.12. The van der Waals surface area contributed by atoms with Crippen LogP contribution in [0.2, 0.25) is 0 Å². The van der Waals surface area contributed by atoms with E-state index < -0.39 is 6.10 Å². The molecule has 1 rings (SSSR count). The van der Waals surface area contributed by atoms with E-state index in [1.807, 2.05) is 39.8 Å². The molecule has 0 aliphatic rings. The third-order valence-electron chi connectivity index (χ3n) is 3.07. The number of aliphatic hydroxyl groups excluding tert-OH is 1. The van der Waals surface area contributed by atoms with Gasteiger partial charge in [0, 0.05) is 6.54 Å². The zero-order valence-corrected chi connectivity index (χ0v) is 13.5. The Balaban J connectivity index is 2.24. The van der Waals surface area contributed by atoms with Crippen LogP contribution in [-0.2, 0) is 4.79 Å². The number of carbonyl (C=O) groups excluding carboxylic acids is 1. The van der Waals surface area contributed by atoms with Gasteiger partial charge < -0.3 is 15.2 Å². The number of nitrogens with one attached hydrogen (secondary N) is 1. The van der Waals surface area contributed by atoms with Crippen LogP contribution in [0, 0.1) is 19.8 Å². The Labute approximate surface area is 127 Å². The molecule has 0 heterocycles. The predicted octanol–water partition coefficient (Wildman–Crippen LogP) is 2.60. The van der Waals surface area contributed by atoms with Crippen molar-refractivity contribution in [1.82, 2.24) is 5.32 Å². The van der Waals surface area contributed by atoms with Crippen molar-refractivity contribution in [2.75, 3.05) is 13.2 Å². The molecule has 21 heavy (non-hydrogen) atoms. The van der Waals surface area contributed by atoms with E-state index in [4.69, 9.17) is 4.74 Å². The number of amides is 1. The summed E-state index contributed by atoms with van der Waals surface area (Å²) in [4.78, 5) is 11.7. The first-order chi connectivity index (χ1) is 9.86. The molecule has 0 saturated heterocycles. The smallest absolute Gasteiger partial charge is 0.223 e. The van der Waals surface area contributed by atoms with E-state index in [1.54, 1.807) is 0 Å². The van der Waals surface area contributed by atoms with Crippen molar-refractivity contribution in [2.24, 2.45) is 5.92 Å². The summed E-state index contributed by atoms with van der Waals surface area (Å²) < 4.78 is 5.59. The van der Waals surface area contributed by atoms with E-state index in [9.17, 15) is 9.90 Å². The predicted molar refractivity (Wildman–Crippen MR) is 84.5 cm³/mol. The highest BCUT2D eigenvalue weighted by molar-refractivity contribution is 5.76. The molecule has 0 saturated carbocycles. The third kappa shape index (κ3) is 7.71. The van der Waals surface area contributed by atoms with E-state index in [2.05, 4.69) is 11.4 Å². The number of aliphatic hydroxyl groups is 1.